The number of H-pyrrole nitrogens is 1. The molecule has 1 aromatic rings. The van der Waals surface area contributed by atoms with E-state index in [1.54, 1.807) is 12.1 Å². The van der Waals surface area contributed by atoms with E-state index in [0.717, 1.165) is 0 Å². The van der Waals surface area contributed by atoms with Gasteiger partial charge in [-0.05, 0) is 11.6 Å². The highest BCUT2D eigenvalue weighted by Crippen LogP contribution is 1.91. The predicted octanol–water partition coefficient (Wildman–Crippen LogP) is 1.19. The van der Waals surface area contributed by atoms with Crippen molar-refractivity contribution in [2.75, 3.05) is 0 Å². The number of nitrogens with zero attached hydrogens (tertiary/aromatic N) is 3. The first-order valence-electron chi connectivity index (χ1n) is 3.02. The van der Waals surface area contributed by atoms with Gasteiger partial charge in [0.15, 0.2) is 0 Å². The summed E-state index contributed by atoms with van der Waals surface area (Å²) in [5.74, 6) is 0. The second-order valence-electron chi connectivity index (χ2n) is 1.91. The van der Waals surface area contributed by atoms with Gasteiger partial charge in [-0.3, -0.25) is 4.79 Å². The maximum atomic E-state index is 10.9. The van der Waals surface area contributed by atoms with Crippen LogP contribution >= 0.6 is 0 Å². The lowest BCUT2D eigenvalue weighted by Crippen LogP contribution is -2.09. The summed E-state index contributed by atoms with van der Waals surface area (Å²) in [6.07, 6.45) is 1.53. The molecule has 0 unspecified atom stereocenters. The summed E-state index contributed by atoms with van der Waals surface area (Å²) < 4.78 is 0. The van der Waals surface area contributed by atoms with E-state index in [9.17, 15) is 4.79 Å². The molecule has 5 heteroatoms. The Morgan fingerprint density at radius 2 is 2.55 bits per heavy atom. The largest absolute Gasteiger partial charge is 0.329 e. The summed E-state index contributed by atoms with van der Waals surface area (Å²) in [5.41, 5.74) is 8.23. The van der Waals surface area contributed by atoms with E-state index >= 15 is 0 Å². The van der Waals surface area contributed by atoms with Crippen molar-refractivity contribution in [1.29, 1.82) is 0 Å². The second-order valence-corrected chi connectivity index (χ2v) is 1.91. The van der Waals surface area contributed by atoms with Crippen LogP contribution in [0.3, 0.4) is 0 Å². The van der Waals surface area contributed by atoms with Gasteiger partial charge in [0.05, 0.1) is 6.54 Å². The molecule has 0 aliphatic rings. The molecule has 0 bridgehead atoms. The van der Waals surface area contributed by atoms with Crippen molar-refractivity contribution in [2.45, 2.75) is 6.54 Å². The summed E-state index contributed by atoms with van der Waals surface area (Å²) in [4.78, 5) is 15.9. The summed E-state index contributed by atoms with van der Waals surface area (Å²) in [7, 11) is 0. The highest BCUT2D eigenvalue weighted by molar-refractivity contribution is 5.08. The standard InChI is InChI=1S/C6H6N4O/c7-10-9-4-5-2-1-3-8-6(5)11/h1-3H,4H2,(H,8,11). The van der Waals surface area contributed by atoms with E-state index in [0.29, 0.717) is 5.56 Å². The highest BCUT2D eigenvalue weighted by atomic mass is 16.1. The van der Waals surface area contributed by atoms with Crippen molar-refractivity contribution in [3.05, 3.63) is 44.7 Å². The van der Waals surface area contributed by atoms with E-state index in [1.807, 2.05) is 0 Å². The zero-order valence-corrected chi connectivity index (χ0v) is 5.69. The number of aromatic nitrogens is 1. The summed E-state index contributed by atoms with van der Waals surface area (Å²) in [5, 5.41) is 3.26. The van der Waals surface area contributed by atoms with Crippen LogP contribution in [0.5, 0.6) is 0 Å². The number of nitrogens with one attached hydrogen (secondary N) is 1. The van der Waals surface area contributed by atoms with Crippen molar-refractivity contribution >= 4 is 0 Å². The Kier molecular flexibility index (Phi) is 2.30. The molecule has 0 aliphatic heterocycles. The molecule has 0 aliphatic carbocycles. The Morgan fingerprint density at radius 3 is 3.18 bits per heavy atom. The Hall–Kier alpha value is -1.74. The maximum absolute atomic E-state index is 10.9. The minimum absolute atomic E-state index is 0.104. The maximum Gasteiger partial charge on any atom is 0.251 e. The molecule has 56 valence electrons. The van der Waals surface area contributed by atoms with Crippen LogP contribution in [0.2, 0.25) is 0 Å². The predicted molar refractivity (Wildman–Crippen MR) is 39.9 cm³/mol. The van der Waals surface area contributed by atoms with Crippen LogP contribution in [-0.2, 0) is 6.54 Å². The van der Waals surface area contributed by atoms with Gasteiger partial charge < -0.3 is 4.98 Å². The molecule has 0 spiro atoms. The third-order valence-electron chi connectivity index (χ3n) is 1.20. The minimum atomic E-state index is -0.208. The quantitative estimate of drug-likeness (QED) is 0.383. The molecule has 0 amide bonds. The molecular weight excluding hydrogens is 144 g/mol. The minimum Gasteiger partial charge on any atom is -0.329 e. The third kappa shape index (κ3) is 1.84. The number of hydrogen-bond donors (Lipinski definition) is 1. The van der Waals surface area contributed by atoms with Gasteiger partial charge in [0.25, 0.3) is 5.56 Å². The lowest BCUT2D eigenvalue weighted by molar-refractivity contribution is 1.00. The summed E-state index contributed by atoms with van der Waals surface area (Å²) in [6, 6.07) is 3.30. The van der Waals surface area contributed by atoms with Crippen molar-refractivity contribution in [3.8, 4) is 0 Å². The summed E-state index contributed by atoms with van der Waals surface area (Å²) in [6.45, 7) is 0.104. The molecule has 1 rings (SSSR count). The lowest BCUT2D eigenvalue weighted by Gasteiger charge is -1.89. The van der Waals surface area contributed by atoms with Crippen LogP contribution < -0.4 is 5.56 Å². The van der Waals surface area contributed by atoms with Crippen molar-refractivity contribution in [2.24, 2.45) is 5.11 Å². The number of hydrogen-bond acceptors (Lipinski definition) is 2. The van der Waals surface area contributed by atoms with E-state index in [4.69, 9.17) is 5.53 Å². The second kappa shape index (κ2) is 3.43. The van der Waals surface area contributed by atoms with E-state index in [1.165, 1.54) is 6.20 Å². The van der Waals surface area contributed by atoms with Gasteiger partial charge in [-0.1, -0.05) is 11.2 Å². The normalized spacial score (nSPS) is 8.73. The molecule has 0 radical (unpaired) electrons. The van der Waals surface area contributed by atoms with Gasteiger partial charge in [0.1, 0.15) is 0 Å². The first-order chi connectivity index (χ1) is 5.34. The number of aromatic amines is 1. The first-order valence-corrected chi connectivity index (χ1v) is 3.02. The fourth-order valence-electron chi connectivity index (χ4n) is 0.689. The number of rotatable bonds is 2. The fraction of sp³-hybridized carbons (Fsp3) is 0.167. The fourth-order valence-corrected chi connectivity index (χ4v) is 0.689. The average Bonchev–Trinajstić information content (AvgIpc) is 2.03. The molecule has 0 aromatic carbocycles. The van der Waals surface area contributed by atoms with Crippen molar-refractivity contribution < 1.29 is 0 Å². The van der Waals surface area contributed by atoms with Gasteiger partial charge in [0.2, 0.25) is 0 Å². The first kappa shape index (κ1) is 7.37. The van der Waals surface area contributed by atoms with Crippen LogP contribution in [0.4, 0.5) is 0 Å². The van der Waals surface area contributed by atoms with Crippen LogP contribution in [0.1, 0.15) is 5.56 Å². The zero-order chi connectivity index (χ0) is 8.10. The average molecular weight is 150 g/mol. The Bertz CT molecular complexity index is 336. The van der Waals surface area contributed by atoms with Crippen LogP contribution in [-0.4, -0.2) is 4.98 Å². The number of azide groups is 1. The molecule has 1 N–H and O–H groups in total. The van der Waals surface area contributed by atoms with Crippen molar-refractivity contribution in [3.63, 3.8) is 0 Å². The van der Waals surface area contributed by atoms with Gasteiger partial charge in [-0.25, -0.2) is 0 Å². The molecule has 0 saturated heterocycles. The molecule has 11 heavy (non-hydrogen) atoms. The van der Waals surface area contributed by atoms with Crippen LogP contribution in [0, 0.1) is 0 Å². The number of pyridine rings is 1. The Labute approximate surface area is 62.3 Å². The van der Waals surface area contributed by atoms with Crippen LogP contribution in [0.25, 0.3) is 10.4 Å². The summed E-state index contributed by atoms with van der Waals surface area (Å²) >= 11 is 0. The van der Waals surface area contributed by atoms with Crippen LogP contribution in [0.15, 0.2) is 28.2 Å². The molecule has 0 saturated carbocycles. The van der Waals surface area contributed by atoms with Gasteiger partial charge in [-0.15, -0.1) is 0 Å². The van der Waals surface area contributed by atoms with E-state index in [2.05, 4.69) is 15.0 Å². The molecule has 1 heterocycles. The SMILES string of the molecule is [N-]=[N+]=NCc1ccc[nH]c1=O. The Morgan fingerprint density at radius 1 is 1.73 bits per heavy atom. The monoisotopic (exact) mass is 150 g/mol. The molecule has 5 nitrogen and oxygen atoms in total. The van der Waals surface area contributed by atoms with Gasteiger partial charge in [0, 0.05) is 16.7 Å². The lowest BCUT2D eigenvalue weighted by atomic mass is 10.3. The topological polar surface area (TPSA) is 81.6 Å². The third-order valence-corrected chi connectivity index (χ3v) is 1.20. The molecule has 0 atom stereocenters. The molecule has 0 fully saturated rings. The Balaban J connectivity index is 2.95. The van der Waals surface area contributed by atoms with E-state index in [-0.39, 0.29) is 12.1 Å². The van der Waals surface area contributed by atoms with E-state index < -0.39 is 0 Å². The highest BCUT2D eigenvalue weighted by Gasteiger charge is 1.93. The smallest absolute Gasteiger partial charge is 0.251 e. The molecular formula is C6H6N4O. The molecule has 1 aromatic heterocycles. The van der Waals surface area contributed by atoms with Gasteiger partial charge in [-0.2, -0.15) is 0 Å². The van der Waals surface area contributed by atoms with Crippen molar-refractivity contribution in [1.82, 2.24) is 4.98 Å². The van der Waals surface area contributed by atoms with Gasteiger partial charge >= 0.3 is 0 Å². The zero-order valence-electron chi connectivity index (χ0n) is 5.69.